The molecule has 138 valence electrons. The monoisotopic (exact) mass is 395 g/mol. The van der Waals surface area contributed by atoms with Gasteiger partial charge in [-0.25, -0.2) is 9.48 Å². The Balaban J connectivity index is 2.01. The summed E-state index contributed by atoms with van der Waals surface area (Å²) in [6.45, 7) is 4.27. The van der Waals surface area contributed by atoms with Gasteiger partial charge in [0.1, 0.15) is 0 Å². The number of carbonyl (C=O) groups excluding carboxylic acids is 1. The van der Waals surface area contributed by atoms with E-state index >= 15 is 0 Å². The third-order valence-corrected chi connectivity index (χ3v) is 5.45. The zero-order chi connectivity index (χ0) is 19.1. The van der Waals surface area contributed by atoms with Crippen LogP contribution in [0.15, 0.2) is 24.3 Å². The summed E-state index contributed by atoms with van der Waals surface area (Å²) in [6.07, 6.45) is 0.516. The van der Waals surface area contributed by atoms with Gasteiger partial charge in [0.2, 0.25) is 5.91 Å². The van der Waals surface area contributed by atoms with Crippen molar-refractivity contribution in [2.45, 2.75) is 26.8 Å². The number of rotatable bonds is 4. The molecular formula is C18H19Cl2N3O3. The predicted octanol–water partition coefficient (Wildman–Crippen LogP) is 3.37. The van der Waals surface area contributed by atoms with Crippen LogP contribution in [0, 0.1) is 5.41 Å². The highest BCUT2D eigenvalue weighted by atomic mass is 35.5. The lowest BCUT2D eigenvalue weighted by molar-refractivity contribution is -0.140. The molecule has 2 heterocycles. The molecule has 26 heavy (non-hydrogen) atoms. The third-order valence-electron chi connectivity index (χ3n) is 4.53. The Hall–Kier alpha value is -2.05. The molecule has 0 radical (unpaired) electrons. The SMILES string of the molecule is CC(C)(CCl)C(=O)N1CCc2c(c(C(=O)O)nn2-c2ccc(Cl)cc2)C1. The fourth-order valence-electron chi connectivity index (χ4n) is 3.05. The van der Waals surface area contributed by atoms with Crippen molar-refractivity contribution >= 4 is 35.1 Å². The van der Waals surface area contributed by atoms with Gasteiger partial charge in [-0.1, -0.05) is 11.6 Å². The van der Waals surface area contributed by atoms with Crippen LogP contribution in [0.3, 0.4) is 0 Å². The minimum atomic E-state index is -1.11. The fraction of sp³-hybridized carbons (Fsp3) is 0.389. The van der Waals surface area contributed by atoms with Crippen molar-refractivity contribution in [1.29, 1.82) is 0 Å². The van der Waals surface area contributed by atoms with Crippen LogP contribution in [0.25, 0.3) is 5.69 Å². The van der Waals surface area contributed by atoms with Crippen molar-refractivity contribution in [2.24, 2.45) is 5.41 Å². The molecule has 0 fully saturated rings. The highest BCUT2D eigenvalue weighted by Gasteiger charge is 2.36. The molecule has 0 saturated carbocycles. The van der Waals surface area contributed by atoms with Crippen molar-refractivity contribution in [2.75, 3.05) is 12.4 Å². The van der Waals surface area contributed by atoms with E-state index in [1.54, 1.807) is 47.7 Å². The van der Waals surface area contributed by atoms with E-state index in [9.17, 15) is 14.7 Å². The largest absolute Gasteiger partial charge is 0.476 e. The van der Waals surface area contributed by atoms with E-state index in [0.717, 1.165) is 11.4 Å². The number of carboxylic acids is 1. The number of nitrogens with zero attached hydrogens (tertiary/aromatic N) is 3. The first-order chi connectivity index (χ1) is 12.2. The summed E-state index contributed by atoms with van der Waals surface area (Å²) in [4.78, 5) is 26.0. The maximum Gasteiger partial charge on any atom is 0.356 e. The number of carbonyl (C=O) groups is 2. The topological polar surface area (TPSA) is 75.4 Å². The first kappa shape index (κ1) is 18.7. The standard InChI is InChI=1S/C18H19Cl2N3O3/c1-18(2,10-19)17(26)22-8-7-14-13(9-22)15(16(24)25)21-23(14)12-5-3-11(20)4-6-12/h3-6H,7-10H2,1-2H3,(H,24,25). The van der Waals surface area contributed by atoms with Gasteiger partial charge in [0.25, 0.3) is 0 Å². The average molecular weight is 396 g/mol. The van der Waals surface area contributed by atoms with Gasteiger partial charge in [0.05, 0.1) is 16.8 Å². The van der Waals surface area contributed by atoms with Crippen molar-refractivity contribution < 1.29 is 14.7 Å². The van der Waals surface area contributed by atoms with Gasteiger partial charge < -0.3 is 10.0 Å². The lowest BCUT2D eigenvalue weighted by Crippen LogP contribution is -2.44. The van der Waals surface area contributed by atoms with Crippen LogP contribution in [0.4, 0.5) is 0 Å². The number of hydrogen-bond donors (Lipinski definition) is 1. The number of carboxylic acid groups (broad SMARTS) is 1. The van der Waals surface area contributed by atoms with E-state index in [1.807, 2.05) is 0 Å². The summed E-state index contributed by atoms with van der Waals surface area (Å²) < 4.78 is 1.63. The zero-order valence-corrected chi connectivity index (χ0v) is 16.0. The summed E-state index contributed by atoms with van der Waals surface area (Å²) in [5.74, 6) is -1.00. The summed E-state index contributed by atoms with van der Waals surface area (Å²) in [7, 11) is 0. The Kier molecular flexibility index (Phi) is 4.99. The average Bonchev–Trinajstić information content (AvgIpc) is 3.00. The molecule has 0 spiro atoms. The van der Waals surface area contributed by atoms with Crippen molar-refractivity contribution in [1.82, 2.24) is 14.7 Å². The molecule has 0 atom stereocenters. The normalized spacial score (nSPS) is 14.2. The van der Waals surface area contributed by atoms with Crippen molar-refractivity contribution in [3.8, 4) is 5.69 Å². The Morgan fingerprint density at radius 1 is 1.27 bits per heavy atom. The lowest BCUT2D eigenvalue weighted by Gasteiger charge is -2.33. The molecule has 2 aromatic rings. The van der Waals surface area contributed by atoms with Gasteiger partial charge >= 0.3 is 5.97 Å². The molecule has 1 N–H and O–H groups in total. The van der Waals surface area contributed by atoms with E-state index in [-0.39, 0.29) is 24.0 Å². The first-order valence-corrected chi connectivity index (χ1v) is 9.11. The molecular weight excluding hydrogens is 377 g/mol. The molecule has 1 amide bonds. The van der Waals surface area contributed by atoms with E-state index in [0.29, 0.717) is 23.6 Å². The second-order valence-corrected chi connectivity index (χ2v) is 7.67. The van der Waals surface area contributed by atoms with E-state index in [4.69, 9.17) is 23.2 Å². The number of aromatic carboxylic acids is 1. The summed E-state index contributed by atoms with van der Waals surface area (Å²) in [5, 5.41) is 14.4. The van der Waals surface area contributed by atoms with Crippen LogP contribution in [0.2, 0.25) is 5.02 Å². The number of benzene rings is 1. The van der Waals surface area contributed by atoms with Gasteiger partial charge in [-0.2, -0.15) is 5.10 Å². The Morgan fingerprint density at radius 2 is 1.92 bits per heavy atom. The number of amides is 1. The molecule has 0 aliphatic carbocycles. The summed E-state index contributed by atoms with van der Waals surface area (Å²) >= 11 is 11.8. The molecule has 0 unspecified atom stereocenters. The van der Waals surface area contributed by atoms with Gasteiger partial charge in [0.15, 0.2) is 5.69 Å². The van der Waals surface area contributed by atoms with Crippen LogP contribution in [0.5, 0.6) is 0 Å². The third kappa shape index (κ3) is 3.31. The smallest absolute Gasteiger partial charge is 0.356 e. The lowest BCUT2D eigenvalue weighted by atomic mass is 9.92. The fourth-order valence-corrected chi connectivity index (χ4v) is 3.29. The molecule has 1 aliphatic heterocycles. The van der Waals surface area contributed by atoms with Gasteiger partial charge in [-0.3, -0.25) is 4.79 Å². The van der Waals surface area contributed by atoms with Crippen LogP contribution in [-0.4, -0.2) is 44.1 Å². The predicted molar refractivity (Wildman–Crippen MR) is 99.2 cm³/mol. The molecule has 0 saturated heterocycles. The van der Waals surface area contributed by atoms with E-state index in [2.05, 4.69) is 5.10 Å². The molecule has 8 heteroatoms. The van der Waals surface area contributed by atoms with Crippen LogP contribution >= 0.6 is 23.2 Å². The van der Waals surface area contributed by atoms with Gasteiger partial charge in [-0.15, -0.1) is 11.6 Å². The van der Waals surface area contributed by atoms with Crippen molar-refractivity contribution in [3.05, 3.63) is 46.2 Å². The Morgan fingerprint density at radius 3 is 2.50 bits per heavy atom. The number of fused-ring (bicyclic) bond motifs is 1. The Labute approximate surface area is 161 Å². The van der Waals surface area contributed by atoms with E-state index < -0.39 is 11.4 Å². The molecule has 1 aliphatic rings. The van der Waals surface area contributed by atoms with Crippen LogP contribution in [0.1, 0.15) is 35.6 Å². The van der Waals surface area contributed by atoms with Crippen LogP contribution in [-0.2, 0) is 17.8 Å². The molecule has 6 nitrogen and oxygen atoms in total. The highest BCUT2D eigenvalue weighted by Crippen LogP contribution is 2.29. The molecule has 1 aromatic heterocycles. The first-order valence-electron chi connectivity index (χ1n) is 8.20. The highest BCUT2D eigenvalue weighted by molar-refractivity contribution is 6.30. The molecule has 0 bridgehead atoms. The van der Waals surface area contributed by atoms with Gasteiger partial charge in [0, 0.05) is 36.0 Å². The van der Waals surface area contributed by atoms with Crippen molar-refractivity contribution in [3.63, 3.8) is 0 Å². The molecule has 1 aromatic carbocycles. The maximum atomic E-state index is 12.7. The van der Waals surface area contributed by atoms with Crippen LogP contribution < -0.4 is 0 Å². The zero-order valence-electron chi connectivity index (χ0n) is 14.5. The minimum Gasteiger partial charge on any atom is -0.476 e. The number of alkyl halides is 1. The summed E-state index contributed by atoms with van der Waals surface area (Å²) in [6, 6.07) is 7.03. The Bertz CT molecular complexity index is 859. The number of aromatic nitrogens is 2. The summed E-state index contributed by atoms with van der Waals surface area (Å²) in [5.41, 5.74) is 1.37. The second kappa shape index (κ2) is 6.93. The quantitative estimate of drug-likeness (QED) is 0.805. The molecule has 3 rings (SSSR count). The maximum absolute atomic E-state index is 12.7. The van der Waals surface area contributed by atoms with Gasteiger partial charge in [-0.05, 0) is 38.1 Å². The van der Waals surface area contributed by atoms with E-state index in [1.165, 1.54) is 0 Å². The minimum absolute atomic E-state index is 0.0314. The number of halogens is 2. The second-order valence-electron chi connectivity index (χ2n) is 6.96. The number of hydrogen-bond acceptors (Lipinski definition) is 3.